The largest absolute Gasteiger partial charge is 0.758 e. The van der Waals surface area contributed by atoms with E-state index in [0.29, 0.717) is 11.6 Å². The quantitative estimate of drug-likeness (QED) is 0.810. The number of aliphatic hydroxyl groups excluding tert-OH is 1. The first-order valence-electron chi connectivity index (χ1n) is 5.87. The van der Waals surface area contributed by atoms with E-state index >= 15 is 0 Å². The van der Waals surface area contributed by atoms with E-state index in [0.717, 1.165) is 30.7 Å². The van der Waals surface area contributed by atoms with Gasteiger partial charge >= 0.3 is 0 Å². The Balaban J connectivity index is 2.03. The Morgan fingerprint density at radius 3 is 2.76 bits per heavy atom. The van der Waals surface area contributed by atoms with Crippen molar-refractivity contribution < 1.29 is 9.84 Å². The predicted octanol–water partition coefficient (Wildman–Crippen LogP) is 1.70. The summed E-state index contributed by atoms with van der Waals surface area (Å²) in [5.74, 6) is 0.381. The number of aromatic nitrogens is 1. The molecule has 94 valence electrons. The van der Waals surface area contributed by atoms with Crippen molar-refractivity contribution in [2.75, 3.05) is 12.1 Å². The summed E-state index contributed by atoms with van der Waals surface area (Å²) in [6, 6.07) is 3.40. The summed E-state index contributed by atoms with van der Waals surface area (Å²) in [6.07, 6.45) is 4.56. The first kappa shape index (κ1) is 12.1. The molecule has 0 saturated heterocycles. The summed E-state index contributed by atoms with van der Waals surface area (Å²) < 4.78 is 5.73. The van der Waals surface area contributed by atoms with Crippen LogP contribution in [0.4, 0.5) is 5.69 Å². The van der Waals surface area contributed by atoms with Crippen LogP contribution in [0.3, 0.4) is 0 Å². The number of hydrogen-bond acceptors (Lipinski definition) is 5. The van der Waals surface area contributed by atoms with Crippen LogP contribution in [-0.4, -0.2) is 29.3 Å². The van der Waals surface area contributed by atoms with Gasteiger partial charge < -0.3 is 20.1 Å². The number of anilines is 1. The minimum Gasteiger partial charge on any atom is -0.758 e. The lowest BCUT2D eigenvalue weighted by Crippen LogP contribution is -2.27. The lowest BCUT2D eigenvalue weighted by Gasteiger charge is -2.30. The van der Waals surface area contributed by atoms with Gasteiger partial charge in [-0.05, 0) is 44.9 Å². The molecule has 2 rings (SSSR count). The number of hydroxylamine groups is 1. The minimum absolute atomic E-state index is 0.0481. The summed E-state index contributed by atoms with van der Waals surface area (Å²) in [6.45, 7) is 0. The maximum atomic E-state index is 11.3. The molecule has 1 aliphatic rings. The third kappa shape index (κ3) is 3.08. The third-order valence-electron chi connectivity index (χ3n) is 3.01. The van der Waals surface area contributed by atoms with Crippen molar-refractivity contribution in [3.8, 4) is 5.88 Å². The molecule has 1 aliphatic carbocycles. The van der Waals surface area contributed by atoms with Crippen molar-refractivity contribution in [2.45, 2.75) is 37.9 Å². The van der Waals surface area contributed by atoms with Crippen LogP contribution in [0, 0.1) is 5.21 Å². The fourth-order valence-electron chi connectivity index (χ4n) is 2.03. The van der Waals surface area contributed by atoms with Crippen LogP contribution in [0.5, 0.6) is 5.88 Å². The number of rotatable bonds is 3. The Labute approximate surface area is 101 Å². The van der Waals surface area contributed by atoms with E-state index in [1.165, 1.54) is 7.05 Å². The van der Waals surface area contributed by atoms with Crippen LogP contribution in [0.2, 0.25) is 0 Å². The minimum atomic E-state index is -0.208. The summed E-state index contributed by atoms with van der Waals surface area (Å²) in [4.78, 5) is 4.09. The highest BCUT2D eigenvalue weighted by Crippen LogP contribution is 2.28. The summed E-state index contributed by atoms with van der Waals surface area (Å²) in [7, 11) is 1.43. The highest BCUT2D eigenvalue weighted by molar-refractivity contribution is 5.54. The van der Waals surface area contributed by atoms with E-state index in [1.807, 2.05) is 0 Å². The zero-order valence-electron chi connectivity index (χ0n) is 9.87. The molecule has 0 unspecified atom stereocenters. The van der Waals surface area contributed by atoms with Crippen LogP contribution in [0.15, 0.2) is 18.3 Å². The molecule has 1 aromatic heterocycles. The van der Waals surface area contributed by atoms with E-state index in [2.05, 4.69) is 4.98 Å². The van der Waals surface area contributed by atoms with E-state index in [1.54, 1.807) is 18.3 Å². The molecule has 1 fully saturated rings. The number of hydrogen-bond donors (Lipinski definition) is 1. The lowest BCUT2D eigenvalue weighted by atomic mass is 9.95. The van der Waals surface area contributed by atoms with Gasteiger partial charge in [0.05, 0.1) is 11.8 Å². The maximum absolute atomic E-state index is 11.3. The first-order valence-corrected chi connectivity index (χ1v) is 5.87. The van der Waals surface area contributed by atoms with Gasteiger partial charge in [-0.25, -0.2) is 4.98 Å². The van der Waals surface area contributed by atoms with Gasteiger partial charge in [0.2, 0.25) is 5.88 Å². The van der Waals surface area contributed by atoms with Crippen LogP contribution < -0.4 is 9.80 Å². The summed E-state index contributed by atoms with van der Waals surface area (Å²) >= 11 is 0. The number of aliphatic hydroxyl groups is 1. The fourth-order valence-corrected chi connectivity index (χ4v) is 2.03. The highest BCUT2D eigenvalue weighted by atomic mass is 16.5. The van der Waals surface area contributed by atoms with Gasteiger partial charge in [0.1, 0.15) is 6.10 Å². The molecule has 1 aromatic rings. The monoisotopic (exact) mass is 237 g/mol. The maximum Gasteiger partial charge on any atom is 0.237 e. The van der Waals surface area contributed by atoms with Crippen LogP contribution in [-0.2, 0) is 0 Å². The Morgan fingerprint density at radius 2 is 2.12 bits per heavy atom. The van der Waals surface area contributed by atoms with Crippen molar-refractivity contribution >= 4 is 5.69 Å². The van der Waals surface area contributed by atoms with Gasteiger partial charge in [0, 0.05) is 6.20 Å². The van der Waals surface area contributed by atoms with Gasteiger partial charge in [-0.2, -0.15) is 0 Å². The molecule has 0 radical (unpaired) electrons. The van der Waals surface area contributed by atoms with E-state index < -0.39 is 0 Å². The molecule has 0 aromatic carbocycles. The van der Waals surface area contributed by atoms with Crippen LogP contribution in [0.1, 0.15) is 25.7 Å². The third-order valence-corrected chi connectivity index (χ3v) is 3.01. The van der Waals surface area contributed by atoms with Crippen molar-refractivity contribution in [3.63, 3.8) is 0 Å². The second-order valence-electron chi connectivity index (χ2n) is 4.37. The van der Waals surface area contributed by atoms with Crippen molar-refractivity contribution in [3.05, 3.63) is 23.5 Å². The molecule has 1 saturated carbocycles. The second kappa shape index (κ2) is 5.33. The Bertz CT molecular complexity index is 363. The van der Waals surface area contributed by atoms with Crippen LogP contribution >= 0.6 is 0 Å². The molecular formula is C12H17N2O3-. The van der Waals surface area contributed by atoms with Gasteiger partial charge in [0.15, 0.2) is 0 Å². The highest BCUT2D eigenvalue weighted by Gasteiger charge is 2.21. The summed E-state index contributed by atoms with van der Waals surface area (Å²) in [5, 5.41) is 21.5. The molecule has 0 aliphatic heterocycles. The molecule has 0 amide bonds. The van der Waals surface area contributed by atoms with Gasteiger partial charge in [-0.1, -0.05) is 0 Å². The fraction of sp³-hybridized carbons (Fsp3) is 0.583. The molecule has 5 nitrogen and oxygen atoms in total. The topological polar surface area (TPSA) is 68.7 Å². The van der Waals surface area contributed by atoms with Crippen molar-refractivity contribution in [1.29, 1.82) is 0 Å². The van der Waals surface area contributed by atoms with Crippen molar-refractivity contribution in [1.82, 2.24) is 4.98 Å². The molecule has 1 heterocycles. The molecule has 0 atom stereocenters. The van der Waals surface area contributed by atoms with Gasteiger partial charge in [-0.15, -0.1) is 0 Å². The Morgan fingerprint density at radius 1 is 1.41 bits per heavy atom. The molecule has 1 N–H and O–H groups in total. The predicted molar refractivity (Wildman–Crippen MR) is 64.9 cm³/mol. The van der Waals surface area contributed by atoms with Crippen molar-refractivity contribution in [2.24, 2.45) is 0 Å². The number of nitrogens with zero attached hydrogens (tertiary/aromatic N) is 2. The van der Waals surface area contributed by atoms with E-state index in [-0.39, 0.29) is 12.2 Å². The molecule has 0 spiro atoms. The lowest BCUT2D eigenvalue weighted by molar-refractivity contribution is 0.0646. The second-order valence-corrected chi connectivity index (χ2v) is 4.37. The average Bonchev–Trinajstić information content (AvgIpc) is 2.32. The Hall–Kier alpha value is -1.33. The number of pyridine rings is 1. The first-order chi connectivity index (χ1) is 8.16. The zero-order chi connectivity index (χ0) is 12.3. The van der Waals surface area contributed by atoms with Gasteiger partial charge in [-0.3, -0.25) is 0 Å². The SMILES string of the molecule is CN([O-])c1cccnc1OC1CCC(O)CC1. The smallest absolute Gasteiger partial charge is 0.237 e. The van der Waals surface area contributed by atoms with E-state index in [9.17, 15) is 10.3 Å². The van der Waals surface area contributed by atoms with E-state index in [4.69, 9.17) is 4.74 Å². The zero-order valence-corrected chi connectivity index (χ0v) is 9.87. The normalized spacial score (nSPS) is 24.4. The molecule has 17 heavy (non-hydrogen) atoms. The summed E-state index contributed by atoms with van der Waals surface area (Å²) in [5.41, 5.74) is 0.443. The van der Waals surface area contributed by atoms with Gasteiger partial charge in [0.25, 0.3) is 0 Å². The Kier molecular flexibility index (Phi) is 3.81. The average molecular weight is 237 g/mol. The van der Waals surface area contributed by atoms with Crippen LogP contribution in [0.25, 0.3) is 0 Å². The molecular weight excluding hydrogens is 220 g/mol. The number of ether oxygens (including phenoxy) is 1. The molecule has 5 heteroatoms. The standard InChI is InChI=1S/C12H17N2O3/c1-14(16)11-3-2-8-13-12(11)17-10-6-4-9(15)5-7-10/h2-3,8-10,15H,4-7H2,1H3/q-1. The molecule has 0 bridgehead atoms.